The van der Waals surface area contributed by atoms with Crippen LogP contribution >= 0.6 is 0 Å². The number of hydrogen-bond donors (Lipinski definition) is 1. The Labute approximate surface area is 95.6 Å². The molecule has 0 bridgehead atoms. The van der Waals surface area contributed by atoms with Gasteiger partial charge >= 0.3 is 0 Å². The molecule has 1 aliphatic carbocycles. The summed E-state index contributed by atoms with van der Waals surface area (Å²) in [4.78, 5) is 11.4. The van der Waals surface area contributed by atoms with E-state index in [2.05, 4.69) is 0 Å². The van der Waals surface area contributed by atoms with Gasteiger partial charge in [-0.15, -0.1) is 0 Å². The maximum absolute atomic E-state index is 11.4. The van der Waals surface area contributed by atoms with Crippen LogP contribution in [0.3, 0.4) is 0 Å². The fourth-order valence-electron chi connectivity index (χ4n) is 1.90. The fourth-order valence-corrected chi connectivity index (χ4v) is 1.90. The third-order valence-corrected chi connectivity index (χ3v) is 2.88. The minimum Gasteiger partial charge on any atom is -0.504 e. The molecule has 0 aromatic rings. The van der Waals surface area contributed by atoms with Gasteiger partial charge in [-0.3, -0.25) is 4.79 Å². The van der Waals surface area contributed by atoms with E-state index >= 15 is 0 Å². The number of carbonyl (C=O) groups excluding carboxylic acids is 1. The number of aliphatic hydroxyl groups excluding tert-OH is 1. The second-order valence-electron chi connectivity index (χ2n) is 4.80. The van der Waals surface area contributed by atoms with Crippen molar-refractivity contribution in [3.8, 4) is 0 Å². The predicted octanol–water partition coefficient (Wildman–Crippen LogP) is 1.97. The van der Waals surface area contributed by atoms with Gasteiger partial charge in [-0.1, -0.05) is 20.8 Å². The van der Waals surface area contributed by atoms with Crippen LogP contribution in [0, 0.1) is 5.41 Å². The number of carbonyl (C=O) groups is 1. The van der Waals surface area contributed by atoms with Gasteiger partial charge in [0.05, 0.1) is 7.11 Å². The molecule has 0 radical (unpaired) electrons. The molecule has 0 heterocycles. The second kappa shape index (κ2) is 3.94. The third kappa shape index (κ3) is 1.73. The molecule has 0 amide bonds. The van der Waals surface area contributed by atoms with Gasteiger partial charge in [0.25, 0.3) is 0 Å². The minimum atomic E-state index is -0.917. The molecule has 1 unspecified atom stereocenters. The van der Waals surface area contributed by atoms with Crippen molar-refractivity contribution in [1.82, 2.24) is 0 Å². The first kappa shape index (κ1) is 12.8. The SMILES string of the molecule is COC1=CC(=O)C(O)=CC1(OC)C(C)(C)C. The Hall–Kier alpha value is -1.29. The molecule has 1 atom stereocenters. The molecule has 90 valence electrons. The largest absolute Gasteiger partial charge is 0.504 e. The summed E-state index contributed by atoms with van der Waals surface area (Å²) in [6.45, 7) is 5.84. The maximum Gasteiger partial charge on any atom is 0.223 e. The average molecular weight is 226 g/mol. The van der Waals surface area contributed by atoms with Gasteiger partial charge in [0, 0.05) is 24.7 Å². The topological polar surface area (TPSA) is 55.8 Å². The minimum absolute atomic E-state index is 0.308. The Balaban J connectivity index is 3.37. The molecule has 0 aliphatic heterocycles. The van der Waals surface area contributed by atoms with E-state index in [-0.39, 0.29) is 11.2 Å². The second-order valence-corrected chi connectivity index (χ2v) is 4.80. The van der Waals surface area contributed by atoms with Crippen LogP contribution in [0.4, 0.5) is 0 Å². The molecule has 0 aromatic heterocycles. The molecule has 1 aliphatic rings. The quantitative estimate of drug-likeness (QED) is 0.782. The Bertz CT molecular complexity index is 360. The highest BCUT2D eigenvalue weighted by molar-refractivity contribution is 6.04. The lowest BCUT2D eigenvalue weighted by molar-refractivity contribution is -0.116. The summed E-state index contributed by atoms with van der Waals surface area (Å²) in [6.07, 6.45) is 2.68. The lowest BCUT2D eigenvalue weighted by Crippen LogP contribution is -2.47. The average Bonchev–Trinajstić information content (AvgIpc) is 2.19. The number of ketones is 1. The molecule has 0 saturated carbocycles. The van der Waals surface area contributed by atoms with Crippen LogP contribution in [-0.4, -0.2) is 30.7 Å². The summed E-state index contributed by atoms with van der Waals surface area (Å²) in [7, 11) is 3.01. The summed E-state index contributed by atoms with van der Waals surface area (Å²) < 4.78 is 10.7. The Morgan fingerprint density at radius 2 is 1.88 bits per heavy atom. The lowest BCUT2D eigenvalue weighted by Gasteiger charge is -2.43. The van der Waals surface area contributed by atoms with Crippen LogP contribution in [0.15, 0.2) is 23.7 Å². The molecule has 0 saturated heterocycles. The smallest absolute Gasteiger partial charge is 0.223 e. The van der Waals surface area contributed by atoms with Crippen LogP contribution in [-0.2, 0) is 14.3 Å². The zero-order chi connectivity index (χ0) is 12.6. The first-order valence-electron chi connectivity index (χ1n) is 5.06. The lowest BCUT2D eigenvalue weighted by atomic mass is 9.72. The third-order valence-electron chi connectivity index (χ3n) is 2.88. The fraction of sp³-hybridized carbons (Fsp3) is 0.583. The molecule has 16 heavy (non-hydrogen) atoms. The van der Waals surface area contributed by atoms with Crippen LogP contribution in [0.5, 0.6) is 0 Å². The standard InChI is InChI=1S/C12H18O4/c1-11(2,3)12(16-5)7-9(14)8(13)6-10(12)15-4/h6-7,14H,1-5H3. The molecule has 1 rings (SSSR count). The number of aliphatic hydroxyl groups is 1. The van der Waals surface area contributed by atoms with E-state index in [1.165, 1.54) is 26.4 Å². The number of hydrogen-bond acceptors (Lipinski definition) is 4. The van der Waals surface area contributed by atoms with Gasteiger partial charge in [-0.2, -0.15) is 0 Å². The van der Waals surface area contributed by atoms with E-state index in [1.807, 2.05) is 20.8 Å². The van der Waals surface area contributed by atoms with Gasteiger partial charge in [0.15, 0.2) is 11.4 Å². The molecule has 4 nitrogen and oxygen atoms in total. The van der Waals surface area contributed by atoms with Crippen LogP contribution in [0.25, 0.3) is 0 Å². The summed E-state index contributed by atoms with van der Waals surface area (Å²) in [5.74, 6) is -0.364. The Morgan fingerprint density at radius 1 is 1.31 bits per heavy atom. The van der Waals surface area contributed by atoms with Crippen molar-refractivity contribution in [2.45, 2.75) is 26.4 Å². The van der Waals surface area contributed by atoms with Gasteiger partial charge < -0.3 is 14.6 Å². The summed E-state index contributed by atoms with van der Waals surface area (Å²) >= 11 is 0. The summed E-state index contributed by atoms with van der Waals surface area (Å²) in [5, 5.41) is 9.55. The van der Waals surface area contributed by atoms with E-state index in [9.17, 15) is 9.90 Å². The first-order chi connectivity index (χ1) is 7.28. The highest BCUT2D eigenvalue weighted by Crippen LogP contribution is 2.43. The van der Waals surface area contributed by atoms with Gasteiger partial charge in [0.1, 0.15) is 5.76 Å². The first-order valence-corrected chi connectivity index (χ1v) is 5.06. The molecule has 1 N–H and O–H groups in total. The van der Waals surface area contributed by atoms with Crippen molar-refractivity contribution in [3.63, 3.8) is 0 Å². The molecule has 0 fully saturated rings. The summed E-state index contributed by atoms with van der Waals surface area (Å²) in [5.41, 5.74) is -1.27. The van der Waals surface area contributed by atoms with E-state index < -0.39 is 11.4 Å². The van der Waals surface area contributed by atoms with Crippen molar-refractivity contribution in [2.75, 3.05) is 14.2 Å². The molecule has 0 aromatic carbocycles. The van der Waals surface area contributed by atoms with Crippen molar-refractivity contribution in [1.29, 1.82) is 0 Å². The number of ether oxygens (including phenoxy) is 2. The van der Waals surface area contributed by atoms with Gasteiger partial charge in [-0.25, -0.2) is 0 Å². The Kier molecular flexibility index (Phi) is 3.15. The highest BCUT2D eigenvalue weighted by atomic mass is 16.5. The summed E-state index contributed by atoms with van der Waals surface area (Å²) in [6, 6.07) is 0. The van der Waals surface area contributed by atoms with Crippen LogP contribution in [0.1, 0.15) is 20.8 Å². The monoisotopic (exact) mass is 226 g/mol. The zero-order valence-electron chi connectivity index (χ0n) is 10.3. The van der Waals surface area contributed by atoms with Crippen molar-refractivity contribution in [3.05, 3.63) is 23.7 Å². The van der Waals surface area contributed by atoms with Crippen LogP contribution in [0.2, 0.25) is 0 Å². The van der Waals surface area contributed by atoms with Gasteiger partial charge in [0.2, 0.25) is 5.78 Å². The molecule has 4 heteroatoms. The molecular weight excluding hydrogens is 208 g/mol. The maximum atomic E-state index is 11.4. The van der Waals surface area contributed by atoms with Crippen molar-refractivity contribution in [2.24, 2.45) is 5.41 Å². The normalized spacial score (nSPS) is 26.2. The number of methoxy groups -OCH3 is 2. The van der Waals surface area contributed by atoms with Crippen molar-refractivity contribution >= 4 is 5.78 Å². The van der Waals surface area contributed by atoms with Crippen LogP contribution < -0.4 is 0 Å². The highest BCUT2D eigenvalue weighted by Gasteiger charge is 2.48. The van der Waals surface area contributed by atoms with E-state index in [0.29, 0.717) is 5.76 Å². The van der Waals surface area contributed by atoms with E-state index in [1.54, 1.807) is 0 Å². The zero-order valence-corrected chi connectivity index (χ0v) is 10.3. The Morgan fingerprint density at radius 3 is 2.25 bits per heavy atom. The van der Waals surface area contributed by atoms with Crippen molar-refractivity contribution < 1.29 is 19.4 Å². The van der Waals surface area contributed by atoms with E-state index in [0.717, 1.165) is 0 Å². The molecular formula is C12H18O4. The number of rotatable bonds is 2. The predicted molar refractivity (Wildman–Crippen MR) is 60.0 cm³/mol. The van der Waals surface area contributed by atoms with Gasteiger partial charge in [-0.05, 0) is 0 Å². The molecule has 0 spiro atoms. The number of allylic oxidation sites excluding steroid dienone is 1. The van der Waals surface area contributed by atoms with E-state index in [4.69, 9.17) is 9.47 Å².